The first kappa shape index (κ1) is 20.2. The van der Waals surface area contributed by atoms with E-state index in [-0.39, 0.29) is 23.2 Å². The van der Waals surface area contributed by atoms with Gasteiger partial charge in [-0.25, -0.2) is 22.6 Å². The van der Waals surface area contributed by atoms with Gasteiger partial charge in [0.15, 0.2) is 5.69 Å². The molecule has 1 heterocycles. The third-order valence-electron chi connectivity index (χ3n) is 5.15. The molecule has 3 N–H and O–H groups in total. The number of nitrogens with one attached hydrogen (secondary N) is 1. The van der Waals surface area contributed by atoms with Crippen molar-refractivity contribution in [2.24, 2.45) is 5.14 Å². The fourth-order valence-electron chi connectivity index (χ4n) is 3.68. The second kappa shape index (κ2) is 8.00. The molecule has 1 aliphatic rings. The van der Waals surface area contributed by atoms with Crippen LogP contribution in [0.3, 0.4) is 0 Å². The van der Waals surface area contributed by atoms with Crippen molar-refractivity contribution in [1.29, 1.82) is 0 Å². The Kier molecular flexibility index (Phi) is 5.40. The number of carbonyl (C=O) groups excluding carboxylic acids is 1. The first-order valence-corrected chi connectivity index (χ1v) is 11.1. The predicted octanol–water partition coefficient (Wildman–Crippen LogP) is 2.47. The number of hydrogen-bond donors (Lipinski definition) is 2. The van der Waals surface area contributed by atoms with Gasteiger partial charge >= 0.3 is 0 Å². The van der Waals surface area contributed by atoms with Crippen LogP contribution in [0.1, 0.15) is 40.2 Å². The summed E-state index contributed by atoms with van der Waals surface area (Å²) in [7, 11) is -3.81. The van der Waals surface area contributed by atoms with Gasteiger partial charge in [-0.3, -0.25) is 4.79 Å². The Morgan fingerprint density at radius 2 is 1.87 bits per heavy atom. The predicted molar refractivity (Wildman–Crippen MR) is 109 cm³/mol. The number of amides is 1. The molecule has 0 unspecified atom stereocenters. The molecule has 156 valence electrons. The van der Waals surface area contributed by atoms with E-state index in [1.54, 1.807) is 28.9 Å². The molecule has 0 atom stereocenters. The van der Waals surface area contributed by atoms with E-state index in [1.807, 2.05) is 0 Å². The number of benzene rings is 2. The summed E-state index contributed by atoms with van der Waals surface area (Å²) in [5.74, 6) is -0.672. The highest BCUT2D eigenvalue weighted by Crippen LogP contribution is 2.27. The lowest BCUT2D eigenvalue weighted by atomic mass is 9.95. The molecular weight excluding hydrogens is 407 g/mol. The number of fused-ring (bicyclic) bond motifs is 1. The zero-order chi connectivity index (χ0) is 21.3. The van der Waals surface area contributed by atoms with Crippen molar-refractivity contribution in [2.75, 3.05) is 0 Å². The van der Waals surface area contributed by atoms with Crippen LogP contribution in [0.15, 0.2) is 53.4 Å². The lowest BCUT2D eigenvalue weighted by Crippen LogP contribution is -2.25. The van der Waals surface area contributed by atoms with Crippen molar-refractivity contribution >= 4 is 15.9 Å². The topological polar surface area (TPSA) is 107 Å². The number of nitrogens with zero attached hydrogens (tertiary/aromatic N) is 2. The summed E-state index contributed by atoms with van der Waals surface area (Å²) in [5.41, 5.74) is 3.53. The third-order valence-corrected chi connectivity index (χ3v) is 6.06. The van der Waals surface area contributed by atoms with Gasteiger partial charge in [-0.2, -0.15) is 5.10 Å². The van der Waals surface area contributed by atoms with Crippen LogP contribution in [0.5, 0.6) is 0 Å². The average Bonchev–Trinajstić information content (AvgIpc) is 3.12. The summed E-state index contributed by atoms with van der Waals surface area (Å²) < 4.78 is 38.0. The fourth-order valence-corrected chi connectivity index (χ4v) is 4.26. The molecule has 0 saturated heterocycles. The minimum absolute atomic E-state index is 0.00721. The highest BCUT2D eigenvalue weighted by molar-refractivity contribution is 7.89. The summed E-state index contributed by atoms with van der Waals surface area (Å²) in [6, 6.07) is 12.1. The number of primary sulfonamides is 1. The number of rotatable bonds is 5. The molecule has 0 fully saturated rings. The lowest BCUT2D eigenvalue weighted by molar-refractivity contribution is 0.0944. The summed E-state index contributed by atoms with van der Waals surface area (Å²) in [4.78, 5) is 12.9. The number of sulfonamides is 1. The molecule has 9 heteroatoms. The smallest absolute Gasteiger partial charge is 0.272 e. The monoisotopic (exact) mass is 428 g/mol. The molecule has 7 nitrogen and oxygen atoms in total. The molecule has 30 heavy (non-hydrogen) atoms. The van der Waals surface area contributed by atoms with E-state index in [2.05, 4.69) is 10.4 Å². The van der Waals surface area contributed by atoms with E-state index in [0.717, 1.165) is 36.9 Å². The zero-order valence-electron chi connectivity index (χ0n) is 16.1. The molecule has 1 aliphatic carbocycles. The SMILES string of the molecule is NS(=O)(=O)c1cccc(CNC(=O)c2nn(-c3ccc(F)cc3)c3c2CCCC3)c1. The van der Waals surface area contributed by atoms with Gasteiger partial charge in [0, 0.05) is 17.8 Å². The van der Waals surface area contributed by atoms with Crippen molar-refractivity contribution in [1.82, 2.24) is 15.1 Å². The standard InChI is InChI=1S/C21H21FN4O3S/c22-15-8-10-16(11-9-15)26-19-7-2-1-6-18(19)20(25-26)21(27)24-13-14-4-3-5-17(12-14)30(23,28)29/h3-5,8-12H,1-2,6-7,13H2,(H,24,27)(H2,23,28,29). The zero-order valence-corrected chi connectivity index (χ0v) is 17.0. The largest absolute Gasteiger partial charge is 0.347 e. The number of hydrogen-bond acceptors (Lipinski definition) is 4. The molecule has 0 aliphatic heterocycles. The first-order chi connectivity index (χ1) is 14.3. The second-order valence-corrected chi connectivity index (χ2v) is 8.81. The first-order valence-electron chi connectivity index (χ1n) is 9.59. The Hall–Kier alpha value is -3.04. The highest BCUT2D eigenvalue weighted by Gasteiger charge is 2.25. The van der Waals surface area contributed by atoms with Gasteiger partial charge in [-0.1, -0.05) is 12.1 Å². The van der Waals surface area contributed by atoms with Crippen LogP contribution in [0, 0.1) is 5.82 Å². The molecule has 0 radical (unpaired) electrons. The van der Waals surface area contributed by atoms with Crippen molar-refractivity contribution in [2.45, 2.75) is 37.1 Å². The Balaban J connectivity index is 1.59. The maximum atomic E-state index is 13.3. The van der Waals surface area contributed by atoms with Crippen LogP contribution < -0.4 is 10.5 Å². The Labute approximate surface area is 173 Å². The maximum absolute atomic E-state index is 13.3. The van der Waals surface area contributed by atoms with Crippen molar-refractivity contribution in [3.05, 3.63) is 76.9 Å². The second-order valence-electron chi connectivity index (χ2n) is 7.24. The van der Waals surface area contributed by atoms with E-state index >= 15 is 0 Å². The molecular formula is C21H21FN4O3S. The highest BCUT2D eigenvalue weighted by atomic mass is 32.2. The fraction of sp³-hybridized carbons (Fsp3) is 0.238. The van der Waals surface area contributed by atoms with Crippen LogP contribution >= 0.6 is 0 Å². The van der Waals surface area contributed by atoms with Crippen molar-refractivity contribution < 1.29 is 17.6 Å². The number of halogens is 1. The van der Waals surface area contributed by atoms with E-state index < -0.39 is 10.0 Å². The van der Waals surface area contributed by atoms with Gasteiger partial charge in [-0.15, -0.1) is 0 Å². The minimum atomic E-state index is -3.81. The Morgan fingerprint density at radius 1 is 1.13 bits per heavy atom. The summed E-state index contributed by atoms with van der Waals surface area (Å²) in [5, 5.41) is 12.5. The molecule has 1 aromatic heterocycles. The van der Waals surface area contributed by atoms with Gasteiger partial charge < -0.3 is 5.32 Å². The molecule has 1 amide bonds. The Bertz CT molecular complexity index is 1200. The molecule has 4 rings (SSSR count). The van der Waals surface area contributed by atoms with Crippen molar-refractivity contribution in [3.8, 4) is 5.69 Å². The minimum Gasteiger partial charge on any atom is -0.347 e. The van der Waals surface area contributed by atoms with Gasteiger partial charge in [-0.05, 0) is 67.6 Å². The number of nitrogens with two attached hydrogens (primary N) is 1. The third kappa shape index (κ3) is 4.12. The van der Waals surface area contributed by atoms with E-state index in [0.29, 0.717) is 16.9 Å². The average molecular weight is 428 g/mol. The molecule has 0 spiro atoms. The van der Waals surface area contributed by atoms with Gasteiger partial charge in [0.05, 0.1) is 10.6 Å². The summed E-state index contributed by atoms with van der Waals surface area (Å²) >= 11 is 0. The summed E-state index contributed by atoms with van der Waals surface area (Å²) in [6.07, 6.45) is 3.52. The van der Waals surface area contributed by atoms with Crippen LogP contribution in [0.4, 0.5) is 4.39 Å². The van der Waals surface area contributed by atoms with E-state index in [4.69, 9.17) is 5.14 Å². The van der Waals surface area contributed by atoms with E-state index in [1.165, 1.54) is 24.3 Å². The number of aromatic nitrogens is 2. The number of carbonyl (C=O) groups is 1. The quantitative estimate of drug-likeness (QED) is 0.651. The maximum Gasteiger partial charge on any atom is 0.272 e. The van der Waals surface area contributed by atoms with Crippen LogP contribution in [-0.2, 0) is 29.4 Å². The molecule has 2 aromatic carbocycles. The van der Waals surface area contributed by atoms with E-state index in [9.17, 15) is 17.6 Å². The van der Waals surface area contributed by atoms with Crippen LogP contribution in [0.25, 0.3) is 5.69 Å². The van der Waals surface area contributed by atoms with Gasteiger partial charge in [0.25, 0.3) is 5.91 Å². The van der Waals surface area contributed by atoms with Crippen molar-refractivity contribution in [3.63, 3.8) is 0 Å². The molecule has 3 aromatic rings. The van der Waals surface area contributed by atoms with Crippen LogP contribution in [0.2, 0.25) is 0 Å². The van der Waals surface area contributed by atoms with Crippen LogP contribution in [-0.4, -0.2) is 24.1 Å². The molecule has 0 bridgehead atoms. The lowest BCUT2D eigenvalue weighted by Gasteiger charge is -2.14. The normalized spacial score (nSPS) is 13.7. The van der Waals surface area contributed by atoms with Gasteiger partial charge in [0.2, 0.25) is 10.0 Å². The molecule has 0 saturated carbocycles. The van der Waals surface area contributed by atoms with Gasteiger partial charge in [0.1, 0.15) is 5.82 Å². The summed E-state index contributed by atoms with van der Waals surface area (Å²) in [6.45, 7) is 0.139. The Morgan fingerprint density at radius 3 is 2.60 bits per heavy atom.